The van der Waals surface area contributed by atoms with Crippen LogP contribution < -0.4 is 0 Å². The molecule has 1 amide bonds. The predicted molar refractivity (Wildman–Crippen MR) is 95.3 cm³/mol. The highest BCUT2D eigenvalue weighted by atomic mass is 32.1. The van der Waals surface area contributed by atoms with Crippen LogP contribution in [0.1, 0.15) is 48.0 Å². The normalized spacial score (nSPS) is 16.1. The third-order valence-corrected chi connectivity index (χ3v) is 5.35. The van der Waals surface area contributed by atoms with Gasteiger partial charge in [-0.05, 0) is 26.3 Å². The lowest BCUT2D eigenvalue weighted by Crippen LogP contribution is -2.48. The molecule has 0 spiro atoms. The first-order chi connectivity index (χ1) is 11.6. The number of hydrogen-bond acceptors (Lipinski definition) is 5. The predicted octanol–water partition coefficient (Wildman–Crippen LogP) is 2.44. The van der Waals surface area contributed by atoms with Crippen LogP contribution in [-0.4, -0.2) is 56.7 Å². The molecule has 0 aliphatic carbocycles. The summed E-state index contributed by atoms with van der Waals surface area (Å²) in [5, 5.41) is 7.73. The van der Waals surface area contributed by atoms with Gasteiger partial charge in [0.25, 0.3) is 5.91 Å². The molecule has 0 N–H and O–H groups in total. The highest BCUT2D eigenvalue weighted by Crippen LogP contribution is 2.15. The molecule has 3 rings (SSSR count). The summed E-state index contributed by atoms with van der Waals surface area (Å²) in [6, 6.07) is 2.09. The lowest BCUT2D eigenvalue weighted by atomic mass is 10.2. The minimum atomic E-state index is 0.0379. The van der Waals surface area contributed by atoms with Crippen molar-refractivity contribution in [3.05, 3.63) is 34.0 Å². The summed E-state index contributed by atoms with van der Waals surface area (Å²) < 4.78 is 1.83. The van der Waals surface area contributed by atoms with Crippen LogP contribution in [0.25, 0.3) is 0 Å². The number of hydrogen-bond donors (Lipinski definition) is 0. The summed E-state index contributed by atoms with van der Waals surface area (Å²) in [6.45, 7) is 10.4. The van der Waals surface area contributed by atoms with Crippen molar-refractivity contribution >= 4 is 17.2 Å². The second kappa shape index (κ2) is 7.44. The second-order valence-corrected chi connectivity index (χ2v) is 7.37. The van der Waals surface area contributed by atoms with Crippen molar-refractivity contribution in [1.82, 2.24) is 24.6 Å². The van der Waals surface area contributed by atoms with Gasteiger partial charge >= 0.3 is 0 Å². The van der Waals surface area contributed by atoms with Crippen molar-refractivity contribution in [2.45, 2.75) is 39.8 Å². The maximum atomic E-state index is 12.6. The van der Waals surface area contributed by atoms with E-state index in [1.807, 2.05) is 21.8 Å². The van der Waals surface area contributed by atoms with Crippen LogP contribution in [0.15, 0.2) is 17.6 Å². The zero-order valence-electron chi connectivity index (χ0n) is 14.6. The summed E-state index contributed by atoms with van der Waals surface area (Å²) in [7, 11) is 0. The van der Waals surface area contributed by atoms with E-state index in [0.717, 1.165) is 44.8 Å². The number of amides is 1. The number of aryl methyl sites for hydroxylation is 1. The fourth-order valence-corrected chi connectivity index (χ4v) is 3.56. The largest absolute Gasteiger partial charge is 0.335 e. The van der Waals surface area contributed by atoms with Gasteiger partial charge in [0.05, 0.1) is 10.7 Å². The quantitative estimate of drug-likeness (QED) is 0.834. The van der Waals surface area contributed by atoms with Gasteiger partial charge in [0.2, 0.25) is 0 Å². The van der Waals surface area contributed by atoms with Crippen LogP contribution in [0.3, 0.4) is 0 Å². The van der Waals surface area contributed by atoms with Crippen LogP contribution >= 0.6 is 11.3 Å². The Balaban J connectivity index is 1.53. The third kappa shape index (κ3) is 3.84. The summed E-state index contributed by atoms with van der Waals surface area (Å²) >= 11 is 1.73. The molecule has 7 heteroatoms. The van der Waals surface area contributed by atoms with Crippen molar-refractivity contribution in [1.29, 1.82) is 0 Å². The average Bonchev–Trinajstić information content (AvgIpc) is 3.24. The van der Waals surface area contributed by atoms with Crippen molar-refractivity contribution in [3.63, 3.8) is 0 Å². The van der Waals surface area contributed by atoms with Crippen LogP contribution in [0.2, 0.25) is 0 Å². The molecule has 0 aromatic carbocycles. The van der Waals surface area contributed by atoms with E-state index in [1.165, 1.54) is 5.01 Å². The fraction of sp³-hybridized carbons (Fsp3) is 0.588. The topological polar surface area (TPSA) is 54.3 Å². The third-order valence-electron chi connectivity index (χ3n) is 4.30. The Labute approximate surface area is 147 Å². The Morgan fingerprint density at radius 2 is 2.04 bits per heavy atom. The van der Waals surface area contributed by atoms with E-state index in [9.17, 15) is 4.79 Å². The molecule has 1 aliphatic rings. The van der Waals surface area contributed by atoms with Crippen LogP contribution in [-0.2, 0) is 13.0 Å². The second-order valence-electron chi connectivity index (χ2n) is 6.43. The molecular weight excluding hydrogens is 322 g/mol. The number of aromatic nitrogens is 3. The maximum absolute atomic E-state index is 12.6. The van der Waals surface area contributed by atoms with Gasteiger partial charge in [-0.25, -0.2) is 4.98 Å². The van der Waals surface area contributed by atoms with Gasteiger partial charge < -0.3 is 4.90 Å². The average molecular weight is 347 g/mol. The van der Waals surface area contributed by atoms with E-state index >= 15 is 0 Å². The van der Waals surface area contributed by atoms with Gasteiger partial charge in [0, 0.05) is 50.3 Å². The zero-order valence-corrected chi connectivity index (χ0v) is 15.4. The van der Waals surface area contributed by atoms with E-state index in [2.05, 4.69) is 41.1 Å². The van der Waals surface area contributed by atoms with E-state index in [0.29, 0.717) is 5.69 Å². The van der Waals surface area contributed by atoms with Gasteiger partial charge in [-0.2, -0.15) is 5.10 Å². The Kier molecular flexibility index (Phi) is 5.30. The summed E-state index contributed by atoms with van der Waals surface area (Å²) in [4.78, 5) is 21.5. The number of carbonyl (C=O) groups is 1. The summed E-state index contributed by atoms with van der Waals surface area (Å²) in [6.07, 6.45) is 2.87. The lowest BCUT2D eigenvalue weighted by Gasteiger charge is -2.34. The van der Waals surface area contributed by atoms with Gasteiger partial charge in [-0.15, -0.1) is 11.3 Å². The monoisotopic (exact) mass is 347 g/mol. The molecule has 0 atom stereocenters. The highest BCUT2D eigenvalue weighted by Gasteiger charge is 2.24. The summed E-state index contributed by atoms with van der Waals surface area (Å²) in [5.41, 5.74) is 1.69. The number of nitrogens with zero attached hydrogens (tertiary/aromatic N) is 5. The number of carbonyl (C=O) groups excluding carboxylic acids is 1. The molecular formula is C17H25N5OS. The Morgan fingerprint density at radius 3 is 2.62 bits per heavy atom. The zero-order chi connectivity index (χ0) is 17.1. The molecule has 1 fully saturated rings. The summed E-state index contributed by atoms with van der Waals surface area (Å²) in [5.74, 6) is 0.0379. The molecule has 3 heterocycles. The first-order valence-electron chi connectivity index (χ1n) is 8.57. The molecule has 6 nitrogen and oxygen atoms in total. The molecule has 0 radical (unpaired) electrons. The van der Waals surface area contributed by atoms with Crippen molar-refractivity contribution in [3.8, 4) is 0 Å². The van der Waals surface area contributed by atoms with Crippen LogP contribution in [0, 0.1) is 0 Å². The van der Waals surface area contributed by atoms with Gasteiger partial charge in [-0.3, -0.25) is 14.4 Å². The molecule has 1 saturated heterocycles. The fourth-order valence-electron chi connectivity index (χ4n) is 2.82. The van der Waals surface area contributed by atoms with E-state index in [4.69, 9.17) is 0 Å². The first kappa shape index (κ1) is 17.1. The molecule has 2 aromatic heterocycles. The molecule has 1 aliphatic heterocycles. The van der Waals surface area contributed by atoms with Crippen LogP contribution in [0.4, 0.5) is 0 Å². The Bertz CT molecular complexity index is 685. The standard InChI is InChI=1S/C17H25N5OS/c1-4-16-18-14(12-24-16)11-20-7-9-21(10-8-20)17(23)15-5-6-22(19-15)13(2)3/h5-6,12-13H,4,7-11H2,1-3H3. The molecule has 130 valence electrons. The van der Waals surface area contributed by atoms with Crippen molar-refractivity contribution in [2.75, 3.05) is 26.2 Å². The molecule has 0 bridgehead atoms. The van der Waals surface area contributed by atoms with Gasteiger partial charge in [0.1, 0.15) is 5.69 Å². The van der Waals surface area contributed by atoms with Crippen LogP contribution in [0.5, 0.6) is 0 Å². The Hall–Kier alpha value is -1.73. The lowest BCUT2D eigenvalue weighted by molar-refractivity contribution is 0.0620. The molecule has 24 heavy (non-hydrogen) atoms. The number of rotatable bonds is 5. The minimum Gasteiger partial charge on any atom is -0.335 e. The first-order valence-corrected chi connectivity index (χ1v) is 9.45. The van der Waals surface area contributed by atoms with Crippen molar-refractivity contribution in [2.24, 2.45) is 0 Å². The SMILES string of the molecule is CCc1nc(CN2CCN(C(=O)c3ccn(C(C)C)n3)CC2)cs1. The number of piperazine rings is 1. The smallest absolute Gasteiger partial charge is 0.274 e. The molecule has 0 saturated carbocycles. The molecule has 0 unspecified atom stereocenters. The van der Waals surface area contributed by atoms with Gasteiger partial charge in [-0.1, -0.05) is 6.92 Å². The molecule has 2 aromatic rings. The minimum absolute atomic E-state index is 0.0379. The van der Waals surface area contributed by atoms with Crippen molar-refractivity contribution < 1.29 is 4.79 Å². The highest BCUT2D eigenvalue weighted by molar-refractivity contribution is 7.09. The van der Waals surface area contributed by atoms with E-state index in [1.54, 1.807) is 11.3 Å². The van der Waals surface area contributed by atoms with E-state index in [-0.39, 0.29) is 11.9 Å². The maximum Gasteiger partial charge on any atom is 0.274 e. The number of thiazole rings is 1. The Morgan fingerprint density at radius 1 is 1.29 bits per heavy atom. The van der Waals surface area contributed by atoms with Gasteiger partial charge in [0.15, 0.2) is 0 Å². The van der Waals surface area contributed by atoms with E-state index < -0.39 is 0 Å².